The number of ketones is 1. The number of hydrogen-bond donors (Lipinski definition) is 1. The average molecular weight is 675 g/mol. The predicted octanol–water partition coefficient (Wildman–Crippen LogP) is 8.23. The Kier molecular flexibility index (Phi) is 11.5. The SMILES string of the molecule is CN(CCOc1ccc(CC(OCc2ccc(C(=O)O)cc2)C(=O)C(F)(F)F)cc1)C(C)(c1ccc(Cl)cc1)c1ccc(Cl)cc1. The summed E-state index contributed by atoms with van der Waals surface area (Å²) in [5, 5.41) is 10.3. The van der Waals surface area contributed by atoms with Crippen molar-refractivity contribution in [3.63, 3.8) is 0 Å². The molecular formula is C35H32Cl2F3NO5. The summed E-state index contributed by atoms with van der Waals surface area (Å²) in [7, 11) is 1.98. The topological polar surface area (TPSA) is 76.1 Å². The number of carbonyl (C=O) groups excluding carboxylic acids is 1. The Morgan fingerprint density at radius 3 is 1.78 bits per heavy atom. The minimum atomic E-state index is -5.08. The van der Waals surface area contributed by atoms with Gasteiger partial charge in [-0.1, -0.05) is 71.7 Å². The number of alkyl halides is 3. The van der Waals surface area contributed by atoms with E-state index in [-0.39, 0.29) is 18.6 Å². The molecule has 4 aromatic carbocycles. The van der Waals surface area contributed by atoms with E-state index < -0.39 is 29.6 Å². The first-order valence-electron chi connectivity index (χ1n) is 14.3. The average Bonchev–Trinajstić information content (AvgIpc) is 3.03. The molecular weight excluding hydrogens is 642 g/mol. The van der Waals surface area contributed by atoms with Gasteiger partial charge < -0.3 is 14.6 Å². The maximum atomic E-state index is 13.3. The number of ether oxygens (including phenoxy) is 2. The van der Waals surface area contributed by atoms with Crippen molar-refractivity contribution in [2.45, 2.75) is 37.8 Å². The summed E-state index contributed by atoms with van der Waals surface area (Å²) in [6.07, 6.45) is -7.17. The molecule has 1 unspecified atom stereocenters. The molecule has 0 radical (unpaired) electrons. The van der Waals surface area contributed by atoms with Crippen LogP contribution < -0.4 is 4.74 Å². The molecule has 0 aliphatic rings. The zero-order valence-corrected chi connectivity index (χ0v) is 26.6. The van der Waals surface area contributed by atoms with E-state index in [0.717, 1.165) is 11.1 Å². The fourth-order valence-corrected chi connectivity index (χ4v) is 5.22. The molecule has 6 nitrogen and oxygen atoms in total. The molecule has 4 aromatic rings. The normalized spacial score (nSPS) is 12.6. The lowest BCUT2D eigenvalue weighted by Gasteiger charge is -2.40. The molecule has 0 saturated carbocycles. The van der Waals surface area contributed by atoms with Crippen LogP contribution in [0.2, 0.25) is 10.0 Å². The third kappa shape index (κ3) is 8.88. The lowest BCUT2D eigenvalue weighted by atomic mass is 9.83. The monoisotopic (exact) mass is 673 g/mol. The maximum Gasteiger partial charge on any atom is 0.452 e. The van der Waals surface area contributed by atoms with Crippen LogP contribution in [0.5, 0.6) is 5.75 Å². The molecule has 0 aromatic heterocycles. The van der Waals surface area contributed by atoms with Crippen LogP contribution in [0.3, 0.4) is 0 Å². The van der Waals surface area contributed by atoms with Crippen LogP contribution in [0.4, 0.5) is 13.2 Å². The van der Waals surface area contributed by atoms with Gasteiger partial charge in [-0.25, -0.2) is 4.79 Å². The number of carbonyl (C=O) groups is 2. The molecule has 0 aliphatic carbocycles. The number of carboxylic acids is 1. The van der Waals surface area contributed by atoms with Crippen molar-refractivity contribution in [3.05, 3.63) is 135 Å². The van der Waals surface area contributed by atoms with Crippen LogP contribution in [-0.2, 0) is 28.1 Å². The first kappa shape index (κ1) is 35.0. The molecule has 0 spiro atoms. The van der Waals surface area contributed by atoms with E-state index in [1.807, 2.05) is 55.6 Å². The fraction of sp³-hybridized carbons (Fsp3) is 0.257. The molecule has 0 fully saturated rings. The zero-order chi connectivity index (χ0) is 33.5. The summed E-state index contributed by atoms with van der Waals surface area (Å²) in [5.74, 6) is -2.62. The number of hydrogen-bond acceptors (Lipinski definition) is 5. The Balaban J connectivity index is 1.40. The van der Waals surface area contributed by atoms with Gasteiger partial charge >= 0.3 is 12.1 Å². The van der Waals surface area contributed by atoms with Crippen molar-refractivity contribution >= 4 is 35.0 Å². The van der Waals surface area contributed by atoms with Gasteiger partial charge in [0.05, 0.1) is 17.7 Å². The van der Waals surface area contributed by atoms with E-state index in [0.29, 0.717) is 40.1 Å². The van der Waals surface area contributed by atoms with E-state index in [1.54, 1.807) is 24.3 Å². The first-order valence-corrected chi connectivity index (χ1v) is 15.0. The molecule has 11 heteroatoms. The number of aromatic carboxylic acids is 1. The second-order valence-electron chi connectivity index (χ2n) is 10.9. The van der Waals surface area contributed by atoms with Gasteiger partial charge in [-0.05, 0) is 84.8 Å². The molecule has 0 amide bonds. The van der Waals surface area contributed by atoms with Crippen LogP contribution >= 0.6 is 23.2 Å². The standard InChI is InChI=1S/C35H32Cl2F3NO5/c1-34(26-9-13-28(36)14-10-26,27-11-15-29(37)16-12-27)41(2)19-20-45-30-17-5-23(6-18-30)21-31(32(42)35(38,39)40)46-22-24-3-7-25(8-4-24)33(43)44/h3-18,31H,19-22H2,1-2H3,(H,43,44). The lowest BCUT2D eigenvalue weighted by Crippen LogP contribution is -2.44. The Hall–Kier alpha value is -3.89. The van der Waals surface area contributed by atoms with Gasteiger partial charge in [0.25, 0.3) is 5.78 Å². The highest BCUT2D eigenvalue weighted by molar-refractivity contribution is 6.30. The highest BCUT2D eigenvalue weighted by atomic mass is 35.5. The van der Waals surface area contributed by atoms with E-state index in [1.165, 1.54) is 24.3 Å². The van der Waals surface area contributed by atoms with E-state index in [2.05, 4.69) is 11.8 Å². The van der Waals surface area contributed by atoms with Crippen molar-refractivity contribution in [1.29, 1.82) is 0 Å². The summed E-state index contributed by atoms with van der Waals surface area (Å²) in [5.41, 5.74) is 2.41. The molecule has 1 N–H and O–H groups in total. The molecule has 0 bridgehead atoms. The third-order valence-corrected chi connectivity index (χ3v) is 8.34. The fourth-order valence-electron chi connectivity index (χ4n) is 4.97. The lowest BCUT2D eigenvalue weighted by molar-refractivity contribution is -0.183. The molecule has 0 saturated heterocycles. The van der Waals surface area contributed by atoms with Crippen LogP contribution in [0.15, 0.2) is 97.1 Å². The number of halogens is 5. The summed E-state index contributed by atoms with van der Waals surface area (Å²) in [6.45, 7) is 2.63. The zero-order valence-electron chi connectivity index (χ0n) is 25.1. The van der Waals surface area contributed by atoms with Crippen LogP contribution in [0, 0.1) is 0 Å². The number of carboxylic acid groups (broad SMARTS) is 1. The van der Waals surface area contributed by atoms with E-state index in [9.17, 15) is 22.8 Å². The number of Topliss-reactive ketones (excluding diaryl/α,β-unsaturated/α-hetero) is 1. The smallest absolute Gasteiger partial charge is 0.452 e. The molecule has 242 valence electrons. The Morgan fingerprint density at radius 2 is 1.30 bits per heavy atom. The molecule has 4 rings (SSSR count). The van der Waals surface area contributed by atoms with Crippen molar-refractivity contribution in [1.82, 2.24) is 4.90 Å². The van der Waals surface area contributed by atoms with Gasteiger partial charge in [-0.15, -0.1) is 0 Å². The highest BCUT2D eigenvalue weighted by Crippen LogP contribution is 2.36. The van der Waals surface area contributed by atoms with Crippen molar-refractivity contribution in [2.75, 3.05) is 20.2 Å². The van der Waals surface area contributed by atoms with Gasteiger partial charge in [0.15, 0.2) is 0 Å². The maximum absolute atomic E-state index is 13.3. The molecule has 0 heterocycles. The summed E-state index contributed by atoms with van der Waals surface area (Å²) in [4.78, 5) is 25.3. The largest absolute Gasteiger partial charge is 0.492 e. The summed E-state index contributed by atoms with van der Waals surface area (Å²) >= 11 is 12.3. The summed E-state index contributed by atoms with van der Waals surface area (Å²) in [6, 6.07) is 27.2. The first-order chi connectivity index (χ1) is 21.8. The van der Waals surface area contributed by atoms with E-state index >= 15 is 0 Å². The van der Waals surface area contributed by atoms with Gasteiger partial charge in [-0.2, -0.15) is 13.2 Å². The van der Waals surface area contributed by atoms with Crippen molar-refractivity contribution in [2.24, 2.45) is 0 Å². The van der Waals surface area contributed by atoms with Crippen molar-refractivity contribution in [3.8, 4) is 5.75 Å². The van der Waals surface area contributed by atoms with Gasteiger partial charge in [0.2, 0.25) is 0 Å². The highest BCUT2D eigenvalue weighted by Gasteiger charge is 2.44. The van der Waals surface area contributed by atoms with Crippen LogP contribution in [0.25, 0.3) is 0 Å². The number of rotatable bonds is 14. The Labute approximate surface area is 275 Å². The number of nitrogens with zero attached hydrogens (tertiary/aromatic N) is 1. The quantitative estimate of drug-likeness (QED) is 0.145. The molecule has 0 aliphatic heterocycles. The predicted molar refractivity (Wildman–Crippen MR) is 171 cm³/mol. The third-order valence-electron chi connectivity index (χ3n) is 7.84. The minimum absolute atomic E-state index is 0.0257. The number of likely N-dealkylation sites (N-methyl/N-ethyl adjacent to an activating group) is 1. The van der Waals surface area contributed by atoms with Crippen LogP contribution in [-0.4, -0.2) is 54.2 Å². The van der Waals surface area contributed by atoms with Crippen LogP contribution in [0.1, 0.15) is 39.5 Å². The Bertz CT molecular complexity index is 1570. The molecule has 1 atom stereocenters. The van der Waals surface area contributed by atoms with E-state index in [4.69, 9.17) is 37.8 Å². The van der Waals surface area contributed by atoms with Crippen molar-refractivity contribution < 1.29 is 37.3 Å². The second-order valence-corrected chi connectivity index (χ2v) is 11.7. The van der Waals surface area contributed by atoms with Gasteiger partial charge in [0.1, 0.15) is 18.5 Å². The van der Waals surface area contributed by atoms with Gasteiger partial charge in [-0.3, -0.25) is 9.69 Å². The second kappa shape index (κ2) is 15.1. The minimum Gasteiger partial charge on any atom is -0.492 e. The number of benzene rings is 4. The summed E-state index contributed by atoms with van der Waals surface area (Å²) < 4.78 is 51.4. The van der Waals surface area contributed by atoms with Gasteiger partial charge in [0, 0.05) is 23.0 Å². The Morgan fingerprint density at radius 1 is 0.804 bits per heavy atom. The molecule has 46 heavy (non-hydrogen) atoms.